The van der Waals surface area contributed by atoms with Crippen LogP contribution < -0.4 is 11.5 Å². The van der Waals surface area contributed by atoms with Gasteiger partial charge in [-0.3, -0.25) is 0 Å². The maximum Gasteiger partial charge on any atom is 0.242 e. The SMILES string of the molecule is Cc1cccc(-c2nnc(N)nc2N)c1Cl. The van der Waals surface area contributed by atoms with Crippen molar-refractivity contribution in [1.29, 1.82) is 0 Å². The van der Waals surface area contributed by atoms with Crippen LogP contribution in [0.3, 0.4) is 0 Å². The van der Waals surface area contributed by atoms with Crippen molar-refractivity contribution in [1.82, 2.24) is 15.2 Å². The maximum absolute atomic E-state index is 6.16. The van der Waals surface area contributed by atoms with Gasteiger partial charge in [-0.25, -0.2) is 0 Å². The fraction of sp³-hybridized carbons (Fsp3) is 0.100. The van der Waals surface area contributed by atoms with E-state index in [9.17, 15) is 0 Å². The van der Waals surface area contributed by atoms with Gasteiger partial charge in [0.25, 0.3) is 0 Å². The van der Waals surface area contributed by atoms with Gasteiger partial charge in [-0.15, -0.1) is 10.2 Å². The van der Waals surface area contributed by atoms with Gasteiger partial charge < -0.3 is 11.5 Å². The first-order chi connectivity index (χ1) is 7.59. The van der Waals surface area contributed by atoms with Gasteiger partial charge in [0.2, 0.25) is 5.95 Å². The highest BCUT2D eigenvalue weighted by atomic mass is 35.5. The molecule has 0 aliphatic carbocycles. The Morgan fingerprint density at radius 1 is 1.19 bits per heavy atom. The summed E-state index contributed by atoms with van der Waals surface area (Å²) in [5, 5.41) is 8.16. The molecule has 0 saturated heterocycles. The molecule has 0 unspecified atom stereocenters. The highest BCUT2D eigenvalue weighted by molar-refractivity contribution is 6.34. The molecule has 4 N–H and O–H groups in total. The number of nitrogens with zero attached hydrogens (tertiary/aromatic N) is 3. The van der Waals surface area contributed by atoms with Crippen LogP contribution in [0.2, 0.25) is 5.02 Å². The first kappa shape index (κ1) is 10.6. The van der Waals surface area contributed by atoms with Gasteiger partial charge in [-0.2, -0.15) is 4.98 Å². The molecule has 0 fully saturated rings. The molecule has 0 amide bonds. The molecular formula is C10H10ClN5. The number of anilines is 2. The molecule has 0 radical (unpaired) electrons. The van der Waals surface area contributed by atoms with Gasteiger partial charge in [0.15, 0.2) is 5.82 Å². The smallest absolute Gasteiger partial charge is 0.242 e. The number of nitrogens with two attached hydrogens (primary N) is 2. The van der Waals surface area contributed by atoms with Crippen LogP contribution in [0, 0.1) is 6.92 Å². The summed E-state index contributed by atoms with van der Waals surface area (Å²) in [6.45, 7) is 1.90. The van der Waals surface area contributed by atoms with Crippen molar-refractivity contribution in [3.8, 4) is 11.3 Å². The summed E-state index contributed by atoms with van der Waals surface area (Å²) in [6.07, 6.45) is 0. The largest absolute Gasteiger partial charge is 0.382 e. The summed E-state index contributed by atoms with van der Waals surface area (Å²) >= 11 is 6.16. The third-order valence-electron chi connectivity index (χ3n) is 2.18. The van der Waals surface area contributed by atoms with Gasteiger partial charge in [-0.1, -0.05) is 29.8 Å². The lowest BCUT2D eigenvalue weighted by Crippen LogP contribution is -2.04. The fourth-order valence-electron chi connectivity index (χ4n) is 1.37. The van der Waals surface area contributed by atoms with E-state index >= 15 is 0 Å². The van der Waals surface area contributed by atoms with Crippen molar-refractivity contribution >= 4 is 23.4 Å². The Labute approximate surface area is 97.5 Å². The number of hydrogen-bond donors (Lipinski definition) is 2. The number of rotatable bonds is 1. The predicted molar refractivity (Wildman–Crippen MR) is 63.8 cm³/mol. The number of halogens is 1. The second-order valence-electron chi connectivity index (χ2n) is 3.34. The molecular weight excluding hydrogens is 226 g/mol. The lowest BCUT2D eigenvalue weighted by molar-refractivity contribution is 0.999. The summed E-state index contributed by atoms with van der Waals surface area (Å²) in [6, 6.07) is 5.59. The third-order valence-corrected chi connectivity index (χ3v) is 2.68. The summed E-state index contributed by atoms with van der Waals surface area (Å²) < 4.78 is 0. The molecule has 2 rings (SSSR count). The minimum absolute atomic E-state index is 0.0463. The zero-order chi connectivity index (χ0) is 11.7. The van der Waals surface area contributed by atoms with Crippen LogP contribution in [-0.2, 0) is 0 Å². The van der Waals surface area contributed by atoms with Crippen LogP contribution >= 0.6 is 11.6 Å². The molecule has 1 heterocycles. The van der Waals surface area contributed by atoms with Crippen molar-refractivity contribution < 1.29 is 0 Å². The van der Waals surface area contributed by atoms with E-state index in [1.165, 1.54) is 0 Å². The zero-order valence-electron chi connectivity index (χ0n) is 8.61. The van der Waals surface area contributed by atoms with Gasteiger partial charge in [0.1, 0.15) is 5.69 Å². The van der Waals surface area contributed by atoms with Crippen molar-refractivity contribution in [2.45, 2.75) is 6.92 Å². The number of aromatic nitrogens is 3. The summed E-state index contributed by atoms with van der Waals surface area (Å²) in [5.74, 6) is 0.269. The lowest BCUT2D eigenvalue weighted by Gasteiger charge is -2.07. The normalized spacial score (nSPS) is 10.4. The topological polar surface area (TPSA) is 90.7 Å². The highest BCUT2D eigenvalue weighted by Gasteiger charge is 2.12. The molecule has 0 spiro atoms. The first-order valence-corrected chi connectivity index (χ1v) is 4.98. The minimum Gasteiger partial charge on any atom is -0.382 e. The van der Waals surface area contributed by atoms with Crippen molar-refractivity contribution in [2.24, 2.45) is 0 Å². The Kier molecular flexibility index (Phi) is 2.62. The van der Waals surface area contributed by atoms with Crippen LogP contribution in [-0.4, -0.2) is 15.2 Å². The van der Waals surface area contributed by atoms with E-state index < -0.39 is 0 Å². The van der Waals surface area contributed by atoms with E-state index in [4.69, 9.17) is 23.1 Å². The molecule has 5 nitrogen and oxygen atoms in total. The molecule has 2 aromatic rings. The quantitative estimate of drug-likeness (QED) is 0.785. The highest BCUT2D eigenvalue weighted by Crippen LogP contribution is 2.31. The molecule has 6 heteroatoms. The monoisotopic (exact) mass is 235 g/mol. The zero-order valence-corrected chi connectivity index (χ0v) is 9.36. The van der Waals surface area contributed by atoms with Crippen LogP contribution in [0.5, 0.6) is 0 Å². The number of benzene rings is 1. The van der Waals surface area contributed by atoms with Crippen LogP contribution in [0.4, 0.5) is 11.8 Å². The Balaban J connectivity index is 2.63. The molecule has 16 heavy (non-hydrogen) atoms. The van der Waals surface area contributed by atoms with Crippen molar-refractivity contribution in [3.05, 3.63) is 28.8 Å². The Morgan fingerprint density at radius 2 is 1.94 bits per heavy atom. The molecule has 0 aliphatic heterocycles. The molecule has 0 saturated carbocycles. The third kappa shape index (κ3) is 1.77. The van der Waals surface area contributed by atoms with E-state index in [2.05, 4.69) is 15.2 Å². The number of nitrogen functional groups attached to an aromatic ring is 2. The van der Waals surface area contributed by atoms with E-state index in [1.807, 2.05) is 25.1 Å². The van der Waals surface area contributed by atoms with Crippen LogP contribution in [0.1, 0.15) is 5.56 Å². The molecule has 0 bridgehead atoms. The van der Waals surface area contributed by atoms with Gasteiger partial charge in [0.05, 0.1) is 5.02 Å². The Morgan fingerprint density at radius 3 is 2.62 bits per heavy atom. The van der Waals surface area contributed by atoms with E-state index in [1.54, 1.807) is 0 Å². The van der Waals surface area contributed by atoms with Gasteiger partial charge >= 0.3 is 0 Å². The Bertz CT molecular complexity index is 541. The number of hydrogen-bond acceptors (Lipinski definition) is 5. The van der Waals surface area contributed by atoms with Crippen molar-refractivity contribution in [2.75, 3.05) is 11.5 Å². The second-order valence-corrected chi connectivity index (χ2v) is 3.72. The molecule has 0 aliphatic rings. The molecule has 1 aromatic carbocycles. The summed E-state index contributed by atoms with van der Waals surface area (Å²) in [5.41, 5.74) is 13.2. The summed E-state index contributed by atoms with van der Waals surface area (Å²) in [4.78, 5) is 3.84. The lowest BCUT2D eigenvalue weighted by atomic mass is 10.1. The van der Waals surface area contributed by atoms with Crippen LogP contribution in [0.25, 0.3) is 11.3 Å². The summed E-state index contributed by atoms with van der Waals surface area (Å²) in [7, 11) is 0. The predicted octanol–water partition coefficient (Wildman–Crippen LogP) is 1.66. The van der Waals surface area contributed by atoms with Crippen molar-refractivity contribution in [3.63, 3.8) is 0 Å². The second kappa shape index (κ2) is 3.94. The van der Waals surface area contributed by atoms with E-state index in [-0.39, 0.29) is 11.8 Å². The van der Waals surface area contributed by atoms with E-state index in [0.717, 1.165) is 5.56 Å². The standard InChI is InChI=1S/C10H10ClN5/c1-5-3-2-4-6(7(5)11)8-9(12)14-10(13)16-15-8/h2-4H,1H3,(H4,12,13,14,16). The van der Waals surface area contributed by atoms with E-state index in [0.29, 0.717) is 16.3 Å². The Hall–Kier alpha value is -1.88. The molecule has 0 atom stereocenters. The number of aryl methyl sites for hydroxylation is 1. The maximum atomic E-state index is 6.16. The average molecular weight is 236 g/mol. The molecule has 1 aromatic heterocycles. The van der Waals surface area contributed by atoms with Gasteiger partial charge in [-0.05, 0) is 12.5 Å². The molecule has 82 valence electrons. The van der Waals surface area contributed by atoms with Crippen LogP contribution in [0.15, 0.2) is 18.2 Å². The first-order valence-electron chi connectivity index (χ1n) is 4.60. The average Bonchev–Trinajstić information content (AvgIpc) is 2.23. The van der Waals surface area contributed by atoms with Gasteiger partial charge in [0, 0.05) is 5.56 Å². The minimum atomic E-state index is 0.0463. The fourth-order valence-corrected chi connectivity index (χ4v) is 1.59.